The number of benzene rings is 2. The molecular weight excluding hydrogens is 215 g/mol. The summed E-state index contributed by atoms with van der Waals surface area (Å²) >= 11 is 5.93. The third kappa shape index (κ3) is 2.10. The molecule has 76 valence electrons. The lowest BCUT2D eigenvalue weighted by atomic mass is 10.1. The van der Waals surface area contributed by atoms with Crippen molar-refractivity contribution in [2.75, 3.05) is 0 Å². The van der Waals surface area contributed by atoms with Crippen LogP contribution in [0, 0.1) is 5.82 Å². The van der Waals surface area contributed by atoms with Gasteiger partial charge in [0.05, 0.1) is 5.02 Å². The molecule has 0 aromatic heterocycles. The minimum atomic E-state index is -0.309. The molecule has 0 radical (unpaired) electrons. The fraction of sp³-hybridized carbons (Fsp3) is 0. The molecule has 2 rings (SSSR count). The highest BCUT2D eigenvalue weighted by atomic mass is 35.5. The molecule has 2 aromatic carbocycles. The van der Waals surface area contributed by atoms with Gasteiger partial charge in [-0.3, -0.25) is 0 Å². The van der Waals surface area contributed by atoms with Crippen LogP contribution in [0.15, 0.2) is 42.5 Å². The van der Waals surface area contributed by atoms with E-state index < -0.39 is 0 Å². The van der Waals surface area contributed by atoms with Crippen molar-refractivity contribution in [1.82, 2.24) is 0 Å². The number of rotatable bonds is 1. The van der Waals surface area contributed by atoms with E-state index in [1.807, 2.05) is 0 Å². The van der Waals surface area contributed by atoms with Crippen molar-refractivity contribution in [3.63, 3.8) is 0 Å². The van der Waals surface area contributed by atoms with Crippen LogP contribution in [0.25, 0.3) is 11.1 Å². The van der Waals surface area contributed by atoms with Crippen LogP contribution in [0.1, 0.15) is 0 Å². The van der Waals surface area contributed by atoms with Gasteiger partial charge in [0, 0.05) is 5.56 Å². The van der Waals surface area contributed by atoms with E-state index in [2.05, 4.69) is 0 Å². The minimum Gasteiger partial charge on any atom is -0.508 e. The molecule has 0 spiro atoms. The Kier molecular flexibility index (Phi) is 2.60. The Morgan fingerprint density at radius 3 is 2.53 bits per heavy atom. The maximum atomic E-state index is 13.0. The van der Waals surface area contributed by atoms with E-state index in [-0.39, 0.29) is 11.6 Å². The van der Waals surface area contributed by atoms with E-state index in [1.54, 1.807) is 18.2 Å². The predicted molar refractivity (Wildman–Crippen MR) is 58.5 cm³/mol. The first-order valence-electron chi connectivity index (χ1n) is 4.41. The number of halogens is 2. The molecule has 0 bridgehead atoms. The molecule has 2 aromatic rings. The van der Waals surface area contributed by atoms with Crippen molar-refractivity contribution in [2.24, 2.45) is 0 Å². The van der Waals surface area contributed by atoms with Crippen LogP contribution in [0.5, 0.6) is 5.75 Å². The van der Waals surface area contributed by atoms with Gasteiger partial charge in [-0.05, 0) is 35.9 Å². The van der Waals surface area contributed by atoms with Crippen molar-refractivity contribution >= 4 is 11.6 Å². The third-order valence-corrected chi connectivity index (χ3v) is 2.40. The minimum absolute atomic E-state index is 0.0974. The molecule has 1 nitrogen and oxygen atoms in total. The van der Waals surface area contributed by atoms with Gasteiger partial charge in [-0.15, -0.1) is 0 Å². The van der Waals surface area contributed by atoms with Gasteiger partial charge in [0.15, 0.2) is 0 Å². The summed E-state index contributed by atoms with van der Waals surface area (Å²) in [7, 11) is 0. The predicted octanol–water partition coefficient (Wildman–Crippen LogP) is 3.85. The lowest BCUT2D eigenvalue weighted by Gasteiger charge is -2.04. The highest BCUT2D eigenvalue weighted by Crippen LogP contribution is 2.30. The summed E-state index contributed by atoms with van der Waals surface area (Å²) in [5.74, 6) is -0.211. The molecule has 0 amide bonds. The Bertz CT molecular complexity index is 497. The Morgan fingerprint density at radius 2 is 1.87 bits per heavy atom. The van der Waals surface area contributed by atoms with Gasteiger partial charge >= 0.3 is 0 Å². The second-order valence-electron chi connectivity index (χ2n) is 3.17. The zero-order valence-corrected chi connectivity index (χ0v) is 8.50. The van der Waals surface area contributed by atoms with Gasteiger partial charge in [-0.2, -0.15) is 0 Å². The van der Waals surface area contributed by atoms with Crippen LogP contribution in [0.3, 0.4) is 0 Å². The van der Waals surface area contributed by atoms with Crippen molar-refractivity contribution in [3.05, 3.63) is 53.3 Å². The monoisotopic (exact) mass is 222 g/mol. The Hall–Kier alpha value is -1.54. The second kappa shape index (κ2) is 3.91. The summed E-state index contributed by atoms with van der Waals surface area (Å²) in [4.78, 5) is 0. The maximum absolute atomic E-state index is 13.0. The van der Waals surface area contributed by atoms with Crippen molar-refractivity contribution in [1.29, 1.82) is 0 Å². The van der Waals surface area contributed by atoms with Gasteiger partial charge in [-0.1, -0.05) is 23.7 Å². The van der Waals surface area contributed by atoms with Crippen LogP contribution in [-0.2, 0) is 0 Å². The van der Waals surface area contributed by atoms with E-state index in [4.69, 9.17) is 11.6 Å². The number of hydrogen-bond acceptors (Lipinski definition) is 1. The first-order valence-corrected chi connectivity index (χ1v) is 4.79. The Balaban J connectivity index is 2.54. The number of aromatic hydroxyl groups is 1. The third-order valence-electron chi connectivity index (χ3n) is 2.09. The second-order valence-corrected chi connectivity index (χ2v) is 3.58. The molecule has 0 saturated carbocycles. The van der Waals surface area contributed by atoms with E-state index in [9.17, 15) is 9.50 Å². The van der Waals surface area contributed by atoms with Crippen LogP contribution < -0.4 is 0 Å². The highest BCUT2D eigenvalue weighted by Gasteiger charge is 2.04. The topological polar surface area (TPSA) is 20.2 Å². The summed E-state index contributed by atoms with van der Waals surface area (Å²) in [5, 5.41) is 9.58. The molecule has 0 atom stereocenters. The Labute approximate surface area is 91.8 Å². The zero-order valence-electron chi connectivity index (χ0n) is 7.74. The summed E-state index contributed by atoms with van der Waals surface area (Å²) in [6, 6.07) is 10.8. The maximum Gasteiger partial charge on any atom is 0.123 e. The molecule has 0 aliphatic carbocycles. The van der Waals surface area contributed by atoms with Crippen LogP contribution in [-0.4, -0.2) is 5.11 Å². The number of phenols is 1. The quantitative estimate of drug-likeness (QED) is 0.777. The molecule has 0 saturated heterocycles. The normalized spacial score (nSPS) is 10.3. The number of hydrogen-bond donors (Lipinski definition) is 1. The first kappa shape index (κ1) is 9.99. The van der Waals surface area contributed by atoms with Crippen LogP contribution in [0.4, 0.5) is 4.39 Å². The Morgan fingerprint density at radius 1 is 1.07 bits per heavy atom. The van der Waals surface area contributed by atoms with Crippen LogP contribution in [0.2, 0.25) is 5.02 Å². The highest BCUT2D eigenvalue weighted by molar-refractivity contribution is 6.33. The largest absolute Gasteiger partial charge is 0.508 e. The lowest BCUT2D eigenvalue weighted by molar-refractivity contribution is 0.475. The molecule has 15 heavy (non-hydrogen) atoms. The van der Waals surface area contributed by atoms with Crippen LogP contribution >= 0.6 is 11.6 Å². The average Bonchev–Trinajstić information content (AvgIpc) is 2.17. The molecule has 0 heterocycles. The molecular formula is C12H8ClFO. The molecule has 0 aliphatic rings. The van der Waals surface area contributed by atoms with Crippen molar-refractivity contribution in [3.8, 4) is 16.9 Å². The summed E-state index contributed by atoms with van der Waals surface area (Å²) in [6.07, 6.45) is 0. The van der Waals surface area contributed by atoms with Gasteiger partial charge < -0.3 is 5.11 Å². The molecule has 0 fully saturated rings. The molecule has 3 heteroatoms. The number of phenolic OH excluding ortho intramolecular Hbond substituents is 1. The van der Waals surface area contributed by atoms with Gasteiger partial charge in [0.1, 0.15) is 11.6 Å². The first-order chi connectivity index (χ1) is 7.16. The zero-order chi connectivity index (χ0) is 10.8. The van der Waals surface area contributed by atoms with E-state index >= 15 is 0 Å². The van der Waals surface area contributed by atoms with E-state index in [1.165, 1.54) is 24.3 Å². The van der Waals surface area contributed by atoms with Crippen molar-refractivity contribution in [2.45, 2.75) is 0 Å². The lowest BCUT2D eigenvalue weighted by Crippen LogP contribution is -1.81. The van der Waals surface area contributed by atoms with E-state index in [0.717, 1.165) is 0 Å². The summed E-state index contributed by atoms with van der Waals surface area (Å²) in [5.41, 5.74) is 1.40. The fourth-order valence-corrected chi connectivity index (χ4v) is 1.68. The van der Waals surface area contributed by atoms with Crippen molar-refractivity contribution < 1.29 is 9.50 Å². The van der Waals surface area contributed by atoms with Gasteiger partial charge in [-0.25, -0.2) is 4.39 Å². The SMILES string of the molecule is Oc1ccc(-c2cccc(F)c2)c(Cl)c1. The molecule has 0 aliphatic heterocycles. The fourth-order valence-electron chi connectivity index (χ4n) is 1.39. The summed E-state index contributed by atoms with van der Waals surface area (Å²) in [6.45, 7) is 0. The summed E-state index contributed by atoms with van der Waals surface area (Å²) < 4.78 is 13.0. The van der Waals surface area contributed by atoms with E-state index in [0.29, 0.717) is 16.1 Å². The molecule has 1 N–H and O–H groups in total. The smallest absolute Gasteiger partial charge is 0.123 e. The van der Waals surface area contributed by atoms with Gasteiger partial charge in [0.2, 0.25) is 0 Å². The average molecular weight is 223 g/mol. The standard InChI is InChI=1S/C12H8ClFO/c13-12-7-10(15)4-5-11(12)8-2-1-3-9(14)6-8/h1-7,15H. The van der Waals surface area contributed by atoms with Gasteiger partial charge in [0.25, 0.3) is 0 Å². The molecule has 0 unspecified atom stereocenters.